The van der Waals surface area contributed by atoms with E-state index in [-0.39, 0.29) is 4.90 Å². The zero-order valence-electron chi connectivity index (χ0n) is 15.7. The van der Waals surface area contributed by atoms with Crippen molar-refractivity contribution < 1.29 is 17.6 Å². The van der Waals surface area contributed by atoms with Crippen LogP contribution in [0.3, 0.4) is 0 Å². The van der Waals surface area contributed by atoms with E-state index in [1.165, 1.54) is 19.1 Å². The molecule has 3 rings (SSSR count). The average Bonchev–Trinajstić information content (AvgIpc) is 3.00. The number of sulfone groups is 1. The number of para-hydroxylation sites is 2. The van der Waals surface area contributed by atoms with Gasteiger partial charge in [-0.05, 0) is 56.7 Å². The molecular weight excluding hydrogens is 381 g/mol. The molecule has 1 unspecified atom stereocenters. The number of hydrogen-bond donors (Lipinski definition) is 1. The van der Waals surface area contributed by atoms with E-state index < -0.39 is 26.8 Å². The number of imidazole rings is 1. The highest BCUT2D eigenvalue weighted by Gasteiger charge is 2.29. The molecule has 0 aliphatic carbocycles. The summed E-state index contributed by atoms with van der Waals surface area (Å²) in [5.74, 6) is -0.213. The molecule has 0 aliphatic rings. The van der Waals surface area contributed by atoms with Gasteiger partial charge in [0.05, 0.1) is 15.9 Å². The first-order valence-corrected chi connectivity index (χ1v) is 10.5. The third-order valence-corrected chi connectivity index (χ3v) is 6.75. The summed E-state index contributed by atoms with van der Waals surface area (Å²) in [5, 5.41) is 1.42. The molecule has 0 aliphatic heterocycles. The van der Waals surface area contributed by atoms with Gasteiger partial charge in [-0.2, -0.15) is 0 Å². The van der Waals surface area contributed by atoms with E-state index in [1.54, 1.807) is 0 Å². The number of nitrogens with one attached hydrogen (secondary N) is 1. The number of rotatable bonds is 7. The summed E-state index contributed by atoms with van der Waals surface area (Å²) in [7, 11) is -3.86. The van der Waals surface area contributed by atoms with Crippen LogP contribution in [-0.2, 0) is 21.2 Å². The van der Waals surface area contributed by atoms with Crippen LogP contribution in [0.25, 0.3) is 11.0 Å². The summed E-state index contributed by atoms with van der Waals surface area (Å²) in [6.45, 7) is 4.26. The summed E-state index contributed by atoms with van der Waals surface area (Å²) >= 11 is 0. The molecule has 1 atom stereocenters. The van der Waals surface area contributed by atoms with Crippen LogP contribution in [0.1, 0.15) is 19.2 Å². The largest absolute Gasteiger partial charge is 0.355 e. The summed E-state index contributed by atoms with van der Waals surface area (Å²) in [5.41, 5.74) is 1.95. The van der Waals surface area contributed by atoms with Crippen LogP contribution in [0, 0.1) is 12.7 Å². The lowest BCUT2D eigenvalue weighted by Crippen LogP contribution is -2.38. The third kappa shape index (κ3) is 4.06. The summed E-state index contributed by atoms with van der Waals surface area (Å²) in [4.78, 5) is 16.7. The molecule has 8 heteroatoms. The molecule has 6 nitrogen and oxygen atoms in total. The van der Waals surface area contributed by atoms with Crippen molar-refractivity contribution in [2.45, 2.75) is 37.0 Å². The third-order valence-electron chi connectivity index (χ3n) is 4.68. The number of hydrogen-bond acceptors (Lipinski definition) is 4. The molecule has 1 amide bonds. The first-order chi connectivity index (χ1) is 13.3. The van der Waals surface area contributed by atoms with Crippen molar-refractivity contribution in [1.29, 1.82) is 0 Å². The molecular formula is C20H22FN3O3S. The van der Waals surface area contributed by atoms with Crippen molar-refractivity contribution >= 4 is 26.8 Å². The zero-order chi connectivity index (χ0) is 20.3. The number of aryl methyl sites for hydroxylation is 2. The number of carbonyl (C=O) groups is 1. The van der Waals surface area contributed by atoms with Gasteiger partial charge >= 0.3 is 0 Å². The normalized spacial score (nSPS) is 12.8. The lowest BCUT2D eigenvalue weighted by Gasteiger charge is -2.14. The lowest BCUT2D eigenvalue weighted by atomic mass is 10.3. The Hall–Kier alpha value is -2.74. The molecule has 148 valence electrons. The second-order valence-corrected chi connectivity index (χ2v) is 8.85. The van der Waals surface area contributed by atoms with Crippen molar-refractivity contribution in [3.8, 4) is 0 Å². The minimum absolute atomic E-state index is 0.0722. The monoisotopic (exact) mass is 403 g/mol. The lowest BCUT2D eigenvalue weighted by molar-refractivity contribution is -0.120. The molecule has 0 bridgehead atoms. The summed E-state index contributed by atoms with van der Waals surface area (Å²) in [6.07, 6.45) is 0.635. The fourth-order valence-corrected chi connectivity index (χ4v) is 4.33. The van der Waals surface area contributed by atoms with Gasteiger partial charge in [-0.3, -0.25) is 4.79 Å². The number of nitrogens with zero attached hydrogens (tertiary/aromatic N) is 2. The van der Waals surface area contributed by atoms with Crippen LogP contribution in [-0.4, -0.2) is 35.7 Å². The van der Waals surface area contributed by atoms with Gasteiger partial charge in [-0.15, -0.1) is 0 Å². The standard InChI is InChI=1S/C20H22FN3O3S/c1-14(28(26,27)17-10-8-16(21)9-11-17)20(25)22-12-5-13-24-15(2)23-18-6-3-4-7-19(18)24/h3-4,6-11,14H,5,12-13H2,1-2H3,(H,22,25). The van der Waals surface area contributed by atoms with Crippen LogP contribution < -0.4 is 5.32 Å². The highest BCUT2D eigenvalue weighted by Crippen LogP contribution is 2.17. The second-order valence-electron chi connectivity index (χ2n) is 6.59. The van der Waals surface area contributed by atoms with Gasteiger partial charge in [0.2, 0.25) is 5.91 Å². The Morgan fingerprint density at radius 2 is 1.86 bits per heavy atom. The molecule has 3 aromatic rings. The van der Waals surface area contributed by atoms with Crippen LogP contribution in [0.15, 0.2) is 53.4 Å². The maximum Gasteiger partial charge on any atom is 0.238 e. The molecule has 0 spiro atoms. The summed E-state index contributed by atoms with van der Waals surface area (Å²) < 4.78 is 40.1. The molecule has 0 fully saturated rings. The highest BCUT2D eigenvalue weighted by molar-refractivity contribution is 7.92. The van der Waals surface area contributed by atoms with Crippen molar-refractivity contribution in [3.63, 3.8) is 0 Å². The van der Waals surface area contributed by atoms with E-state index in [9.17, 15) is 17.6 Å². The molecule has 0 saturated carbocycles. The van der Waals surface area contributed by atoms with Gasteiger partial charge in [0.1, 0.15) is 16.9 Å². The maximum atomic E-state index is 13.0. The minimum atomic E-state index is -3.86. The van der Waals surface area contributed by atoms with E-state index >= 15 is 0 Å². The van der Waals surface area contributed by atoms with Crippen LogP contribution in [0.5, 0.6) is 0 Å². The number of amides is 1. The highest BCUT2D eigenvalue weighted by atomic mass is 32.2. The zero-order valence-corrected chi connectivity index (χ0v) is 16.5. The van der Waals surface area contributed by atoms with Gasteiger partial charge in [0.25, 0.3) is 0 Å². The van der Waals surface area contributed by atoms with Crippen molar-refractivity contribution in [2.24, 2.45) is 0 Å². The Morgan fingerprint density at radius 1 is 1.18 bits per heavy atom. The molecule has 1 heterocycles. The minimum Gasteiger partial charge on any atom is -0.355 e. The molecule has 2 aromatic carbocycles. The average molecular weight is 403 g/mol. The molecule has 1 N–H and O–H groups in total. The Morgan fingerprint density at radius 3 is 2.57 bits per heavy atom. The molecule has 0 radical (unpaired) electrons. The number of fused-ring (bicyclic) bond motifs is 1. The first-order valence-electron chi connectivity index (χ1n) is 9.00. The summed E-state index contributed by atoms with van der Waals surface area (Å²) in [6, 6.07) is 12.3. The van der Waals surface area contributed by atoms with E-state index in [0.717, 1.165) is 29.0 Å². The Kier molecular flexibility index (Phi) is 5.79. The number of carbonyl (C=O) groups excluding carboxylic acids is 1. The van der Waals surface area contributed by atoms with Crippen LogP contribution >= 0.6 is 0 Å². The maximum absolute atomic E-state index is 13.0. The van der Waals surface area contributed by atoms with Crippen LogP contribution in [0.4, 0.5) is 4.39 Å². The molecule has 28 heavy (non-hydrogen) atoms. The van der Waals surface area contributed by atoms with Gasteiger partial charge < -0.3 is 9.88 Å². The smallest absolute Gasteiger partial charge is 0.238 e. The van der Waals surface area contributed by atoms with Crippen molar-refractivity contribution in [3.05, 3.63) is 60.2 Å². The molecule has 1 aromatic heterocycles. The number of halogens is 1. The van der Waals surface area contributed by atoms with Gasteiger partial charge in [-0.1, -0.05) is 12.1 Å². The fraction of sp³-hybridized carbons (Fsp3) is 0.300. The topological polar surface area (TPSA) is 81.1 Å². The predicted molar refractivity (Wildman–Crippen MR) is 105 cm³/mol. The van der Waals surface area contributed by atoms with E-state index in [2.05, 4.69) is 14.9 Å². The predicted octanol–water partition coefficient (Wildman–Crippen LogP) is 2.85. The van der Waals surface area contributed by atoms with Gasteiger partial charge in [0.15, 0.2) is 9.84 Å². The van der Waals surface area contributed by atoms with E-state index in [0.29, 0.717) is 19.5 Å². The Bertz CT molecular complexity index is 1090. The first kappa shape index (κ1) is 20.0. The Labute approximate surface area is 163 Å². The number of aromatic nitrogens is 2. The second kappa shape index (κ2) is 8.10. The van der Waals surface area contributed by atoms with Gasteiger partial charge in [0, 0.05) is 13.1 Å². The van der Waals surface area contributed by atoms with Crippen LogP contribution in [0.2, 0.25) is 0 Å². The quantitative estimate of drug-likeness (QED) is 0.486. The molecule has 0 saturated heterocycles. The van der Waals surface area contributed by atoms with Gasteiger partial charge in [-0.25, -0.2) is 17.8 Å². The van der Waals surface area contributed by atoms with E-state index in [4.69, 9.17) is 0 Å². The van der Waals surface area contributed by atoms with Crippen molar-refractivity contribution in [1.82, 2.24) is 14.9 Å². The van der Waals surface area contributed by atoms with Crippen molar-refractivity contribution in [2.75, 3.05) is 6.54 Å². The van der Waals surface area contributed by atoms with E-state index in [1.807, 2.05) is 31.2 Å². The Balaban J connectivity index is 1.58. The number of benzene rings is 2. The SMILES string of the molecule is Cc1nc2ccccc2n1CCCNC(=O)C(C)S(=O)(=O)c1ccc(F)cc1. The fourth-order valence-electron chi connectivity index (χ4n) is 3.04.